The molecule has 0 radical (unpaired) electrons. The van der Waals surface area contributed by atoms with Crippen LogP contribution in [0, 0.1) is 11.8 Å². The van der Waals surface area contributed by atoms with Gasteiger partial charge in [-0.15, -0.1) is 11.3 Å². The number of halogens is 4. The summed E-state index contributed by atoms with van der Waals surface area (Å²) in [6, 6.07) is 20.5. The Morgan fingerprint density at radius 2 is 1.68 bits per heavy atom. The molecular formula is C53H62F4N5O8PS. The number of carbonyl (C=O) groups is 4. The summed E-state index contributed by atoms with van der Waals surface area (Å²) in [5.74, 6) is -5.03. The van der Waals surface area contributed by atoms with Crippen molar-refractivity contribution in [3.63, 3.8) is 0 Å². The minimum atomic E-state index is -4.56. The van der Waals surface area contributed by atoms with Crippen molar-refractivity contribution in [1.29, 1.82) is 0 Å². The number of thiophene rings is 1. The number of amides is 3. The monoisotopic (exact) mass is 1040 g/mol. The normalized spacial score (nSPS) is 28.7. The van der Waals surface area contributed by atoms with Gasteiger partial charge in [0.1, 0.15) is 23.9 Å². The zero-order valence-corrected chi connectivity index (χ0v) is 42.1. The van der Waals surface area contributed by atoms with Crippen LogP contribution in [0.25, 0.3) is 10.1 Å². The summed E-state index contributed by atoms with van der Waals surface area (Å²) in [5, 5.41) is 6.07. The van der Waals surface area contributed by atoms with Crippen LogP contribution in [0.3, 0.4) is 0 Å². The average Bonchev–Trinajstić information content (AvgIpc) is 3.79. The quantitative estimate of drug-likeness (QED) is 0.0671. The molecule has 72 heavy (non-hydrogen) atoms. The summed E-state index contributed by atoms with van der Waals surface area (Å²) in [4.78, 5) is 63.2. The Kier molecular flexibility index (Phi) is 14.4. The van der Waals surface area contributed by atoms with Gasteiger partial charge < -0.3 is 34.0 Å². The lowest BCUT2D eigenvalue weighted by Gasteiger charge is -2.47. The Morgan fingerprint density at radius 3 is 2.38 bits per heavy atom. The van der Waals surface area contributed by atoms with Gasteiger partial charge in [0.05, 0.1) is 24.0 Å². The van der Waals surface area contributed by atoms with E-state index in [1.807, 2.05) is 35.0 Å². The summed E-state index contributed by atoms with van der Waals surface area (Å²) in [5.41, 5.74) is 0.895. The summed E-state index contributed by atoms with van der Waals surface area (Å²) >= 11 is 1.13. The number of nitrogens with one attached hydrogen (secondary N) is 2. The van der Waals surface area contributed by atoms with Crippen LogP contribution in [-0.2, 0) is 28.4 Å². The second kappa shape index (κ2) is 20.4. The first-order chi connectivity index (χ1) is 34.5. The molecule has 5 heterocycles. The zero-order valence-electron chi connectivity index (χ0n) is 40.4. The molecule has 2 saturated carbocycles. The third kappa shape index (κ3) is 10.4. The fourth-order valence-electron chi connectivity index (χ4n) is 11.8. The number of likely N-dealkylation sites (tertiary alicyclic amines) is 1. The lowest BCUT2D eigenvalue weighted by molar-refractivity contribution is -0.207. The van der Waals surface area contributed by atoms with Gasteiger partial charge in [-0.3, -0.25) is 23.7 Å². The molecule has 3 aromatic carbocycles. The zero-order chi connectivity index (χ0) is 50.5. The smallest absolute Gasteiger partial charge is 0.391 e. The third-order valence-corrected chi connectivity index (χ3v) is 19.4. The molecule has 386 valence electrons. The molecule has 13 nitrogen and oxygen atoms in total. The first-order valence-electron chi connectivity index (χ1n) is 25.3. The van der Waals surface area contributed by atoms with Crippen LogP contribution in [0.2, 0.25) is 0 Å². The van der Waals surface area contributed by atoms with Gasteiger partial charge in [-0.05, 0) is 131 Å². The standard InChI is InChI=1S/C53H62F4N5O8PS/c1-32(51(66)69-31-33-19-22-68-30-33)59-71(67,70-42-11-7-4-8-12-42)47(54)35-13-18-45-36(23-35)24-46(72-45)48(63)58-43-16-14-39(60(2)41-25-38(26-41)53(55,56)57)27-40-15-17-44(62(40)49(43)64)50(65)61-29-37(28-52(61)20-21-52)34-9-5-3-6-10-34/h3-13,18,23-24,32-33,37-41,43-44,47H,14-17,19-22,25-31H2,1-2H3,(H,58,63)(H,59,67)/t32-,33-,37+,38?,39-,40+,41?,43-,44-,47+,71?/m0/s1. The Balaban J connectivity index is 0.878. The Hall–Kier alpha value is -4.87. The van der Waals surface area contributed by atoms with Crippen LogP contribution in [0.1, 0.15) is 110 Å². The molecular weight excluding hydrogens is 974 g/mol. The predicted molar refractivity (Wildman–Crippen MR) is 263 cm³/mol. The molecule has 4 aromatic rings. The van der Waals surface area contributed by atoms with Crippen LogP contribution in [0.15, 0.2) is 84.9 Å². The predicted octanol–water partition coefficient (Wildman–Crippen LogP) is 9.53. The molecule has 0 bridgehead atoms. The number of esters is 1. The first kappa shape index (κ1) is 50.7. The van der Waals surface area contributed by atoms with Gasteiger partial charge in [0.25, 0.3) is 5.91 Å². The molecule has 10 rings (SSSR count). The van der Waals surface area contributed by atoms with Crippen molar-refractivity contribution in [2.45, 2.75) is 137 Å². The number of hydrogen-bond acceptors (Lipinski definition) is 10. The molecule has 19 heteroatoms. The summed E-state index contributed by atoms with van der Waals surface area (Å²) in [7, 11) is -2.71. The van der Waals surface area contributed by atoms with Gasteiger partial charge >= 0.3 is 19.7 Å². The summed E-state index contributed by atoms with van der Waals surface area (Å²) < 4.78 is 89.7. The minimum absolute atomic E-state index is 0.000231. The van der Waals surface area contributed by atoms with E-state index >= 15 is 4.39 Å². The van der Waals surface area contributed by atoms with Crippen LogP contribution < -0.4 is 14.9 Å². The van der Waals surface area contributed by atoms with Crippen molar-refractivity contribution in [2.24, 2.45) is 11.8 Å². The first-order valence-corrected chi connectivity index (χ1v) is 27.8. The number of para-hydroxylation sites is 1. The lowest BCUT2D eigenvalue weighted by atomic mass is 9.77. The van der Waals surface area contributed by atoms with Crippen molar-refractivity contribution < 1.29 is 55.3 Å². The summed E-state index contributed by atoms with van der Waals surface area (Å²) in [6.45, 7) is 3.11. The number of hydrogen-bond donors (Lipinski definition) is 2. The number of nitrogens with zero attached hydrogens (tertiary/aromatic N) is 3. The second-order valence-electron chi connectivity index (χ2n) is 21.0. The molecule has 6 fully saturated rings. The van der Waals surface area contributed by atoms with Crippen molar-refractivity contribution >= 4 is 52.6 Å². The molecule has 6 aliphatic rings. The highest BCUT2D eigenvalue weighted by Gasteiger charge is 2.59. The minimum Gasteiger partial charge on any atom is -0.464 e. The number of alkyl halides is 4. The Labute approximate surface area is 420 Å². The SMILES string of the molecule is C[C@H](NP(=O)(Oc1ccccc1)[C@@H](F)c1ccc2sc(C(=O)N[C@H]3CC[C@H](N(C)C4CC(C(F)(F)F)C4)C[C@H]4CC[C@@H](C(=O)N5C[C@H](c6ccccc6)CC56CC6)N4C3=O)cc2c1)C(=O)OC[C@H]1CCOC1. The highest BCUT2D eigenvalue weighted by molar-refractivity contribution is 7.57. The van der Waals surface area contributed by atoms with Gasteiger partial charge in [-0.2, -0.15) is 13.2 Å². The number of ether oxygens (including phenoxy) is 2. The maximum Gasteiger partial charge on any atom is 0.391 e. The maximum absolute atomic E-state index is 16.9. The van der Waals surface area contributed by atoms with Gasteiger partial charge in [-0.25, -0.2) is 9.48 Å². The summed E-state index contributed by atoms with van der Waals surface area (Å²) in [6.07, 6.45) is 1.26. The van der Waals surface area contributed by atoms with Crippen molar-refractivity contribution in [3.8, 4) is 5.75 Å². The number of fused-ring (bicyclic) bond motifs is 2. The highest BCUT2D eigenvalue weighted by Crippen LogP contribution is 2.58. The molecule has 3 amide bonds. The van der Waals surface area contributed by atoms with Crippen molar-refractivity contribution in [1.82, 2.24) is 25.1 Å². The van der Waals surface area contributed by atoms with E-state index in [1.54, 1.807) is 35.2 Å². The molecule has 4 saturated heterocycles. The molecule has 1 spiro atoms. The van der Waals surface area contributed by atoms with Gasteiger partial charge in [0, 0.05) is 53.4 Å². The number of rotatable bonds is 15. The molecule has 2 aliphatic carbocycles. The average molecular weight is 1040 g/mol. The van der Waals surface area contributed by atoms with E-state index in [4.69, 9.17) is 14.0 Å². The van der Waals surface area contributed by atoms with E-state index in [-0.39, 0.29) is 89.4 Å². The van der Waals surface area contributed by atoms with Gasteiger partial charge in [-0.1, -0.05) is 54.6 Å². The third-order valence-electron chi connectivity index (χ3n) is 16.2. The van der Waals surface area contributed by atoms with E-state index in [2.05, 4.69) is 22.5 Å². The van der Waals surface area contributed by atoms with E-state index in [9.17, 15) is 36.9 Å². The number of benzene rings is 3. The topological polar surface area (TPSA) is 147 Å². The van der Waals surface area contributed by atoms with Crippen LogP contribution >= 0.6 is 18.9 Å². The fourth-order valence-corrected chi connectivity index (χ4v) is 14.6. The number of carbonyl (C=O) groups excluding carboxylic acids is 4. The largest absolute Gasteiger partial charge is 0.464 e. The molecule has 4 aliphatic heterocycles. The molecule has 1 aromatic heterocycles. The fraction of sp³-hybridized carbons (Fsp3) is 0.547. The van der Waals surface area contributed by atoms with E-state index < -0.39 is 55.5 Å². The van der Waals surface area contributed by atoms with E-state index in [0.29, 0.717) is 55.5 Å². The van der Waals surface area contributed by atoms with Crippen molar-refractivity contribution in [3.05, 3.63) is 101 Å². The highest BCUT2D eigenvalue weighted by atomic mass is 32.1. The molecule has 1 unspecified atom stereocenters. The van der Waals surface area contributed by atoms with Gasteiger partial charge in [0.2, 0.25) is 17.7 Å². The van der Waals surface area contributed by atoms with Crippen LogP contribution in [-0.4, -0.2) is 120 Å². The lowest BCUT2D eigenvalue weighted by Crippen LogP contribution is -2.60. The Bertz CT molecular complexity index is 2680. The van der Waals surface area contributed by atoms with Crippen LogP contribution in [0.4, 0.5) is 17.6 Å². The molecule has 9 atom stereocenters. The van der Waals surface area contributed by atoms with Crippen LogP contribution in [0.5, 0.6) is 5.75 Å². The maximum atomic E-state index is 16.9. The van der Waals surface area contributed by atoms with E-state index in [0.717, 1.165) is 37.0 Å². The molecule has 2 N–H and O–H groups in total. The van der Waals surface area contributed by atoms with E-state index in [1.165, 1.54) is 36.8 Å². The second-order valence-corrected chi connectivity index (χ2v) is 24.1. The van der Waals surface area contributed by atoms with Gasteiger partial charge in [0.15, 0.2) is 0 Å². The van der Waals surface area contributed by atoms with Crippen molar-refractivity contribution in [2.75, 3.05) is 33.4 Å². The Morgan fingerprint density at radius 1 is 0.944 bits per heavy atom.